The molecule has 0 radical (unpaired) electrons. The van der Waals surface area contributed by atoms with E-state index in [-0.39, 0.29) is 17.9 Å². The van der Waals surface area contributed by atoms with Crippen molar-refractivity contribution in [2.24, 2.45) is 0 Å². The molecule has 3 rings (SSSR count). The number of nitrogens with zero attached hydrogens (tertiary/aromatic N) is 1. The maximum absolute atomic E-state index is 12.6. The highest BCUT2D eigenvalue weighted by atomic mass is 16.2. The van der Waals surface area contributed by atoms with Crippen molar-refractivity contribution in [3.05, 3.63) is 35.9 Å². The summed E-state index contributed by atoms with van der Waals surface area (Å²) in [4.78, 5) is 26.3. The van der Waals surface area contributed by atoms with Crippen LogP contribution < -0.4 is 5.32 Å². The van der Waals surface area contributed by atoms with Gasteiger partial charge >= 0.3 is 0 Å². The van der Waals surface area contributed by atoms with Crippen molar-refractivity contribution in [3.8, 4) is 0 Å². The fourth-order valence-corrected chi connectivity index (χ4v) is 3.61. The Bertz CT molecular complexity index is 535. The molecule has 2 aliphatic rings. The van der Waals surface area contributed by atoms with Gasteiger partial charge in [0.2, 0.25) is 11.8 Å². The second-order valence-corrected chi connectivity index (χ2v) is 6.23. The lowest BCUT2D eigenvalue weighted by Gasteiger charge is -2.46. The third-order valence-electron chi connectivity index (χ3n) is 4.78. The number of imide groups is 1. The largest absolute Gasteiger partial charge is 0.292 e. The number of nitrogens with one attached hydrogen (secondary N) is 1. The lowest BCUT2D eigenvalue weighted by Crippen LogP contribution is -2.70. The second kappa shape index (κ2) is 5.60. The van der Waals surface area contributed by atoms with Crippen LogP contribution in [0, 0.1) is 0 Å². The molecule has 1 aliphatic heterocycles. The molecule has 0 unspecified atom stereocenters. The van der Waals surface area contributed by atoms with Gasteiger partial charge in [0, 0.05) is 7.05 Å². The summed E-state index contributed by atoms with van der Waals surface area (Å²) in [5.41, 5.74) is 0.609. The lowest BCUT2D eigenvalue weighted by molar-refractivity contribution is -0.156. The molecule has 1 spiro atoms. The Morgan fingerprint density at radius 3 is 2.48 bits per heavy atom. The summed E-state index contributed by atoms with van der Waals surface area (Å²) in [5, 5.41) is 3.41. The molecule has 1 aromatic rings. The molecule has 1 aliphatic carbocycles. The number of hydrogen-bond acceptors (Lipinski definition) is 3. The monoisotopic (exact) mass is 286 g/mol. The van der Waals surface area contributed by atoms with Crippen molar-refractivity contribution in [1.82, 2.24) is 10.2 Å². The van der Waals surface area contributed by atoms with Gasteiger partial charge in [0.15, 0.2) is 0 Å². The molecule has 1 saturated carbocycles. The highest BCUT2D eigenvalue weighted by Crippen LogP contribution is 2.33. The fraction of sp³-hybridized carbons (Fsp3) is 0.529. The van der Waals surface area contributed by atoms with Crippen LogP contribution in [-0.4, -0.2) is 35.3 Å². The zero-order chi connectivity index (χ0) is 14.9. The van der Waals surface area contributed by atoms with Crippen LogP contribution >= 0.6 is 0 Å². The smallest absolute Gasteiger partial charge is 0.249 e. The number of amides is 2. The first-order valence-electron chi connectivity index (χ1n) is 7.76. The summed E-state index contributed by atoms with van der Waals surface area (Å²) in [5.74, 6) is -0.156. The van der Waals surface area contributed by atoms with Crippen LogP contribution in [0.3, 0.4) is 0 Å². The Balaban J connectivity index is 1.83. The summed E-state index contributed by atoms with van der Waals surface area (Å²) in [6.07, 6.45) is 5.61. The molecule has 1 saturated heterocycles. The van der Waals surface area contributed by atoms with E-state index in [4.69, 9.17) is 0 Å². The molecule has 21 heavy (non-hydrogen) atoms. The van der Waals surface area contributed by atoms with Crippen LogP contribution in [-0.2, 0) is 16.0 Å². The van der Waals surface area contributed by atoms with E-state index < -0.39 is 5.54 Å². The molecule has 4 heteroatoms. The minimum atomic E-state index is -0.514. The van der Waals surface area contributed by atoms with Gasteiger partial charge in [-0.3, -0.25) is 19.8 Å². The van der Waals surface area contributed by atoms with Crippen molar-refractivity contribution < 1.29 is 9.59 Å². The van der Waals surface area contributed by atoms with Gasteiger partial charge in [-0.25, -0.2) is 0 Å². The molecule has 4 nitrogen and oxygen atoms in total. The van der Waals surface area contributed by atoms with Gasteiger partial charge in [0.1, 0.15) is 0 Å². The average Bonchev–Trinajstić information content (AvgIpc) is 2.53. The number of carbonyl (C=O) groups is 2. The van der Waals surface area contributed by atoms with Gasteiger partial charge in [0.05, 0.1) is 11.6 Å². The minimum absolute atomic E-state index is 0.0449. The molecule has 0 bridgehead atoms. The molecular weight excluding hydrogens is 264 g/mol. The van der Waals surface area contributed by atoms with E-state index in [1.807, 2.05) is 30.3 Å². The van der Waals surface area contributed by atoms with Crippen LogP contribution in [0.1, 0.15) is 37.7 Å². The first-order chi connectivity index (χ1) is 10.1. The summed E-state index contributed by atoms with van der Waals surface area (Å²) < 4.78 is 0. The first kappa shape index (κ1) is 14.3. The highest BCUT2D eigenvalue weighted by molar-refractivity contribution is 6.04. The third-order valence-corrected chi connectivity index (χ3v) is 4.78. The maximum atomic E-state index is 12.6. The van der Waals surface area contributed by atoms with Crippen molar-refractivity contribution in [3.63, 3.8) is 0 Å². The van der Waals surface area contributed by atoms with E-state index in [0.717, 1.165) is 31.2 Å². The van der Waals surface area contributed by atoms with E-state index in [1.165, 1.54) is 11.3 Å². The quantitative estimate of drug-likeness (QED) is 0.845. The van der Waals surface area contributed by atoms with Gasteiger partial charge in [-0.15, -0.1) is 0 Å². The summed E-state index contributed by atoms with van der Waals surface area (Å²) in [7, 11) is 1.62. The fourth-order valence-electron chi connectivity index (χ4n) is 3.61. The molecular formula is C17H22N2O2. The van der Waals surface area contributed by atoms with Crippen LogP contribution in [0.2, 0.25) is 0 Å². The van der Waals surface area contributed by atoms with Crippen LogP contribution in [0.5, 0.6) is 0 Å². The highest BCUT2D eigenvalue weighted by Gasteiger charge is 2.49. The van der Waals surface area contributed by atoms with E-state index in [0.29, 0.717) is 6.42 Å². The van der Waals surface area contributed by atoms with E-state index in [1.54, 1.807) is 7.05 Å². The topological polar surface area (TPSA) is 49.4 Å². The number of benzene rings is 1. The predicted octanol–water partition coefficient (Wildman–Crippen LogP) is 1.89. The lowest BCUT2D eigenvalue weighted by atomic mass is 9.78. The molecule has 2 amide bonds. The maximum Gasteiger partial charge on any atom is 0.249 e. The zero-order valence-electron chi connectivity index (χ0n) is 12.5. The van der Waals surface area contributed by atoms with Gasteiger partial charge in [0.25, 0.3) is 0 Å². The predicted molar refractivity (Wildman–Crippen MR) is 80.7 cm³/mol. The minimum Gasteiger partial charge on any atom is -0.292 e. The Kier molecular flexibility index (Phi) is 3.81. The Morgan fingerprint density at radius 2 is 1.81 bits per heavy atom. The molecule has 1 N–H and O–H groups in total. The summed E-state index contributed by atoms with van der Waals surface area (Å²) in [6.45, 7) is 0. The third kappa shape index (κ3) is 2.60. The summed E-state index contributed by atoms with van der Waals surface area (Å²) >= 11 is 0. The van der Waals surface area contributed by atoms with Gasteiger partial charge in [-0.1, -0.05) is 49.6 Å². The normalized spacial score (nSPS) is 25.4. The van der Waals surface area contributed by atoms with Crippen LogP contribution in [0.25, 0.3) is 0 Å². The van der Waals surface area contributed by atoms with Crippen molar-refractivity contribution in [1.29, 1.82) is 0 Å². The number of carbonyl (C=O) groups excluding carboxylic acids is 2. The van der Waals surface area contributed by atoms with E-state index in [9.17, 15) is 9.59 Å². The summed E-state index contributed by atoms with van der Waals surface area (Å²) in [6, 6.07) is 9.69. The number of rotatable bonds is 2. The Labute approximate surface area is 125 Å². The van der Waals surface area contributed by atoms with Gasteiger partial charge < -0.3 is 0 Å². The average molecular weight is 286 g/mol. The van der Waals surface area contributed by atoms with Crippen molar-refractivity contribution in [2.45, 2.75) is 50.1 Å². The van der Waals surface area contributed by atoms with Crippen molar-refractivity contribution >= 4 is 11.8 Å². The molecule has 2 fully saturated rings. The molecule has 1 heterocycles. The first-order valence-corrected chi connectivity index (χ1v) is 7.76. The molecule has 112 valence electrons. The van der Waals surface area contributed by atoms with E-state index >= 15 is 0 Å². The number of likely N-dealkylation sites (N-methyl/N-ethyl adjacent to an activating group) is 1. The Hall–Kier alpha value is -1.68. The number of piperazine rings is 1. The molecule has 1 aromatic carbocycles. The van der Waals surface area contributed by atoms with Gasteiger partial charge in [-0.2, -0.15) is 0 Å². The SMILES string of the molecule is CN1C(=O)[C@H](Cc2ccccc2)NC2(CCCCC2)C1=O. The van der Waals surface area contributed by atoms with Crippen LogP contribution in [0.15, 0.2) is 30.3 Å². The number of hydrogen-bond donors (Lipinski definition) is 1. The van der Waals surface area contributed by atoms with Gasteiger partial charge in [-0.05, 0) is 24.8 Å². The van der Waals surface area contributed by atoms with Crippen molar-refractivity contribution in [2.75, 3.05) is 7.05 Å². The van der Waals surface area contributed by atoms with E-state index in [2.05, 4.69) is 5.32 Å². The molecule has 1 atom stereocenters. The Morgan fingerprint density at radius 1 is 1.14 bits per heavy atom. The van der Waals surface area contributed by atoms with Crippen LogP contribution in [0.4, 0.5) is 0 Å². The standard InChI is InChI=1S/C17H22N2O2/c1-19-15(20)14(12-13-8-4-2-5-9-13)18-17(16(19)21)10-6-3-7-11-17/h2,4-5,8-9,14,18H,3,6-7,10-12H2,1H3/t14-/m0/s1. The zero-order valence-corrected chi connectivity index (χ0v) is 12.5. The molecule has 0 aromatic heterocycles. The second-order valence-electron chi connectivity index (χ2n) is 6.23.